The van der Waals surface area contributed by atoms with Crippen molar-refractivity contribution in [2.75, 3.05) is 25.7 Å². The molecule has 104 valence electrons. The van der Waals surface area contributed by atoms with E-state index in [1.54, 1.807) is 26.5 Å². The summed E-state index contributed by atoms with van der Waals surface area (Å²) in [5, 5.41) is 0. The van der Waals surface area contributed by atoms with E-state index in [1.807, 2.05) is 12.1 Å². The lowest BCUT2D eigenvalue weighted by Gasteiger charge is -2.07. The Labute approximate surface area is 113 Å². The zero-order chi connectivity index (χ0) is 13.9. The number of hydrogen-bond acceptors (Lipinski definition) is 5. The molecule has 0 aliphatic carbocycles. The molecule has 1 heterocycles. The smallest absolute Gasteiger partial charge is 0.161 e. The van der Waals surface area contributed by atoms with Crippen LogP contribution in [0.5, 0.6) is 11.5 Å². The third kappa shape index (κ3) is 3.47. The van der Waals surface area contributed by atoms with Gasteiger partial charge in [0.05, 0.1) is 31.8 Å². The minimum Gasteiger partial charge on any atom is -0.493 e. The lowest BCUT2D eigenvalue weighted by Crippen LogP contribution is -2.07. The third-order valence-electron chi connectivity index (χ3n) is 3.05. The monoisotopic (exact) mass is 283 g/mol. The summed E-state index contributed by atoms with van der Waals surface area (Å²) in [4.78, 5) is 4.32. The third-order valence-corrected chi connectivity index (χ3v) is 4.80. The molecular formula is C13H17NO4S. The van der Waals surface area contributed by atoms with Crippen molar-refractivity contribution in [3.05, 3.63) is 23.8 Å². The number of benzene rings is 1. The molecule has 0 aromatic heterocycles. The Bertz CT molecular complexity index is 580. The van der Waals surface area contributed by atoms with Crippen molar-refractivity contribution in [3.8, 4) is 11.5 Å². The van der Waals surface area contributed by atoms with Gasteiger partial charge in [-0.15, -0.1) is 0 Å². The highest BCUT2D eigenvalue weighted by molar-refractivity contribution is 7.91. The number of aliphatic imine (C=N–C) groups is 1. The summed E-state index contributed by atoms with van der Waals surface area (Å²) in [5.41, 5.74) is 0.863. The van der Waals surface area contributed by atoms with Crippen LogP contribution >= 0.6 is 0 Å². The Kier molecular flexibility index (Phi) is 4.09. The van der Waals surface area contributed by atoms with Crippen LogP contribution in [0.3, 0.4) is 0 Å². The van der Waals surface area contributed by atoms with Gasteiger partial charge in [-0.25, -0.2) is 8.42 Å². The molecule has 6 heteroatoms. The predicted octanol–water partition coefficient (Wildman–Crippen LogP) is 1.31. The van der Waals surface area contributed by atoms with Crippen molar-refractivity contribution >= 4 is 16.1 Å². The van der Waals surface area contributed by atoms with E-state index in [1.165, 1.54) is 0 Å². The average molecular weight is 283 g/mol. The normalized spacial score (nSPS) is 21.7. The topological polar surface area (TPSA) is 65.0 Å². The van der Waals surface area contributed by atoms with E-state index in [0.717, 1.165) is 5.56 Å². The van der Waals surface area contributed by atoms with Crippen LogP contribution in [0, 0.1) is 0 Å². The number of nitrogens with zero attached hydrogens (tertiary/aromatic N) is 1. The summed E-state index contributed by atoms with van der Waals surface area (Å²) >= 11 is 0. The molecule has 1 atom stereocenters. The SMILES string of the molecule is COc1ccc(C=NC2CCS(=O)(=O)C2)cc1OC. The van der Waals surface area contributed by atoms with Crippen molar-refractivity contribution in [3.63, 3.8) is 0 Å². The Morgan fingerprint density at radius 2 is 2.00 bits per heavy atom. The van der Waals surface area contributed by atoms with Crippen LogP contribution in [0.1, 0.15) is 12.0 Å². The van der Waals surface area contributed by atoms with Gasteiger partial charge in [-0.3, -0.25) is 4.99 Å². The standard InChI is InChI=1S/C13H17NO4S/c1-17-12-4-3-10(7-13(12)18-2)8-14-11-5-6-19(15,16)9-11/h3-4,7-8,11H,5-6,9H2,1-2H3. The van der Waals surface area contributed by atoms with Crippen LogP contribution in [0.2, 0.25) is 0 Å². The minimum atomic E-state index is -2.88. The van der Waals surface area contributed by atoms with Gasteiger partial charge in [0.2, 0.25) is 0 Å². The fraction of sp³-hybridized carbons (Fsp3) is 0.462. The first-order chi connectivity index (χ1) is 9.04. The van der Waals surface area contributed by atoms with Crippen molar-refractivity contribution in [1.82, 2.24) is 0 Å². The summed E-state index contributed by atoms with van der Waals surface area (Å²) in [6.45, 7) is 0. The largest absolute Gasteiger partial charge is 0.493 e. The maximum atomic E-state index is 11.3. The van der Waals surface area contributed by atoms with Gasteiger partial charge in [0.1, 0.15) is 0 Å². The summed E-state index contributed by atoms with van der Waals surface area (Å²) in [7, 11) is 0.268. The second-order valence-corrected chi connectivity index (χ2v) is 6.68. The molecule has 1 unspecified atom stereocenters. The van der Waals surface area contributed by atoms with Gasteiger partial charge in [-0.1, -0.05) is 0 Å². The van der Waals surface area contributed by atoms with E-state index in [-0.39, 0.29) is 17.5 Å². The van der Waals surface area contributed by atoms with Gasteiger partial charge >= 0.3 is 0 Å². The molecular weight excluding hydrogens is 266 g/mol. The summed E-state index contributed by atoms with van der Waals surface area (Å²) < 4.78 is 33.0. The summed E-state index contributed by atoms with van der Waals surface area (Å²) in [6.07, 6.45) is 2.29. The molecule has 2 rings (SSSR count). The second-order valence-electron chi connectivity index (χ2n) is 4.45. The molecule has 1 aliphatic rings. The van der Waals surface area contributed by atoms with Crippen LogP contribution in [-0.4, -0.2) is 46.4 Å². The Balaban J connectivity index is 2.11. The predicted molar refractivity (Wildman–Crippen MR) is 74.2 cm³/mol. The highest BCUT2D eigenvalue weighted by Crippen LogP contribution is 2.27. The van der Waals surface area contributed by atoms with Crippen LogP contribution in [0.4, 0.5) is 0 Å². The van der Waals surface area contributed by atoms with Gasteiger partial charge in [0.15, 0.2) is 21.3 Å². The maximum Gasteiger partial charge on any atom is 0.161 e. The molecule has 0 amide bonds. The van der Waals surface area contributed by atoms with Gasteiger partial charge in [-0.2, -0.15) is 0 Å². The number of ether oxygens (including phenoxy) is 2. The van der Waals surface area contributed by atoms with Gasteiger partial charge in [-0.05, 0) is 30.2 Å². The fourth-order valence-corrected chi connectivity index (χ4v) is 3.65. The Hall–Kier alpha value is -1.56. The average Bonchev–Trinajstić information content (AvgIpc) is 2.75. The lowest BCUT2D eigenvalue weighted by atomic mass is 10.2. The van der Waals surface area contributed by atoms with Crippen LogP contribution in [-0.2, 0) is 9.84 Å². The van der Waals surface area contributed by atoms with E-state index in [0.29, 0.717) is 17.9 Å². The number of rotatable bonds is 4. The number of methoxy groups -OCH3 is 2. The first-order valence-corrected chi connectivity index (χ1v) is 7.82. The van der Waals surface area contributed by atoms with Crippen molar-refractivity contribution in [2.45, 2.75) is 12.5 Å². The first-order valence-electron chi connectivity index (χ1n) is 6.00. The van der Waals surface area contributed by atoms with Gasteiger partial charge in [0, 0.05) is 6.21 Å². The molecule has 1 fully saturated rings. The number of hydrogen-bond donors (Lipinski definition) is 0. The second kappa shape index (κ2) is 5.61. The Morgan fingerprint density at radius 3 is 2.58 bits per heavy atom. The molecule has 0 radical (unpaired) electrons. The molecule has 0 N–H and O–H groups in total. The minimum absolute atomic E-state index is 0.127. The van der Waals surface area contributed by atoms with Gasteiger partial charge < -0.3 is 9.47 Å². The van der Waals surface area contributed by atoms with Crippen molar-refractivity contribution < 1.29 is 17.9 Å². The van der Waals surface area contributed by atoms with Crippen LogP contribution in [0.15, 0.2) is 23.2 Å². The first kappa shape index (κ1) is 13.9. The molecule has 1 aromatic carbocycles. The fourth-order valence-electron chi connectivity index (χ4n) is 2.02. The Morgan fingerprint density at radius 1 is 1.26 bits per heavy atom. The highest BCUT2D eigenvalue weighted by Gasteiger charge is 2.26. The summed E-state index contributed by atoms with van der Waals surface area (Å²) in [6, 6.07) is 5.34. The molecule has 19 heavy (non-hydrogen) atoms. The van der Waals surface area contributed by atoms with Crippen molar-refractivity contribution in [1.29, 1.82) is 0 Å². The summed E-state index contributed by atoms with van der Waals surface area (Å²) in [5.74, 6) is 1.67. The van der Waals surface area contributed by atoms with E-state index in [4.69, 9.17) is 9.47 Å². The van der Waals surface area contributed by atoms with Crippen LogP contribution in [0.25, 0.3) is 0 Å². The molecule has 1 aromatic rings. The van der Waals surface area contributed by atoms with Crippen LogP contribution < -0.4 is 9.47 Å². The zero-order valence-electron chi connectivity index (χ0n) is 11.0. The number of sulfone groups is 1. The zero-order valence-corrected chi connectivity index (χ0v) is 11.8. The molecule has 1 aliphatic heterocycles. The quantitative estimate of drug-likeness (QED) is 0.782. The van der Waals surface area contributed by atoms with E-state index in [9.17, 15) is 8.42 Å². The molecule has 0 bridgehead atoms. The molecule has 0 saturated carbocycles. The molecule has 0 spiro atoms. The molecule has 1 saturated heterocycles. The van der Waals surface area contributed by atoms with Gasteiger partial charge in [0.25, 0.3) is 0 Å². The van der Waals surface area contributed by atoms with E-state index >= 15 is 0 Å². The van der Waals surface area contributed by atoms with Crippen molar-refractivity contribution in [2.24, 2.45) is 4.99 Å². The highest BCUT2D eigenvalue weighted by atomic mass is 32.2. The van der Waals surface area contributed by atoms with E-state index < -0.39 is 9.84 Å². The maximum absolute atomic E-state index is 11.3. The molecule has 5 nitrogen and oxygen atoms in total. The van der Waals surface area contributed by atoms with E-state index in [2.05, 4.69) is 4.99 Å². The lowest BCUT2D eigenvalue weighted by molar-refractivity contribution is 0.355.